The lowest BCUT2D eigenvalue weighted by atomic mass is 9.97. The van der Waals surface area contributed by atoms with E-state index in [-0.39, 0.29) is 11.9 Å². The molecule has 1 atom stereocenters. The largest absolute Gasteiger partial charge is 0.496 e. The maximum absolute atomic E-state index is 12.5. The van der Waals surface area contributed by atoms with Gasteiger partial charge in [0.2, 0.25) is 5.91 Å². The van der Waals surface area contributed by atoms with Crippen molar-refractivity contribution in [1.29, 1.82) is 0 Å². The molecule has 1 unspecified atom stereocenters. The lowest BCUT2D eigenvalue weighted by molar-refractivity contribution is -0.117. The van der Waals surface area contributed by atoms with Crippen LogP contribution in [0.2, 0.25) is 0 Å². The highest BCUT2D eigenvalue weighted by Gasteiger charge is 2.20. The number of hydrogen-bond donors (Lipinski definition) is 1. The molecule has 0 radical (unpaired) electrons. The number of benzene rings is 2. The normalized spacial score (nSPS) is 12.6. The minimum absolute atomic E-state index is 0.0633. The van der Waals surface area contributed by atoms with Gasteiger partial charge in [0.1, 0.15) is 5.75 Å². The SMILES string of the molecule is CCC=C(C)C(=O)NC(c1ccccc1)c1ccccc1OC. The van der Waals surface area contributed by atoms with Crippen LogP contribution in [0.25, 0.3) is 0 Å². The average molecular weight is 309 g/mol. The first-order valence-electron chi connectivity index (χ1n) is 7.82. The molecule has 0 bridgehead atoms. The summed E-state index contributed by atoms with van der Waals surface area (Å²) >= 11 is 0. The predicted molar refractivity (Wildman–Crippen MR) is 93.5 cm³/mol. The van der Waals surface area contributed by atoms with Gasteiger partial charge in [-0.2, -0.15) is 0 Å². The Balaban J connectivity index is 2.41. The molecule has 0 aliphatic carbocycles. The number of nitrogens with one attached hydrogen (secondary N) is 1. The van der Waals surface area contributed by atoms with Crippen LogP contribution in [0.3, 0.4) is 0 Å². The summed E-state index contributed by atoms with van der Waals surface area (Å²) in [7, 11) is 1.64. The molecule has 1 amide bonds. The number of hydrogen-bond acceptors (Lipinski definition) is 2. The Morgan fingerprint density at radius 3 is 2.43 bits per heavy atom. The molecule has 0 aromatic heterocycles. The van der Waals surface area contributed by atoms with Gasteiger partial charge in [0.25, 0.3) is 0 Å². The molecule has 23 heavy (non-hydrogen) atoms. The van der Waals surface area contributed by atoms with Crippen molar-refractivity contribution >= 4 is 5.91 Å². The van der Waals surface area contributed by atoms with E-state index >= 15 is 0 Å². The first-order chi connectivity index (χ1) is 11.2. The summed E-state index contributed by atoms with van der Waals surface area (Å²) in [6, 6.07) is 17.4. The fourth-order valence-electron chi connectivity index (χ4n) is 2.53. The number of allylic oxidation sites excluding steroid dienone is 1. The predicted octanol–water partition coefficient (Wildman–Crippen LogP) is 4.26. The van der Waals surface area contributed by atoms with Crippen molar-refractivity contribution < 1.29 is 9.53 Å². The Morgan fingerprint density at radius 1 is 1.13 bits per heavy atom. The minimum Gasteiger partial charge on any atom is -0.496 e. The third-order valence-corrected chi connectivity index (χ3v) is 3.73. The number of rotatable bonds is 6. The Morgan fingerprint density at radius 2 is 1.78 bits per heavy atom. The molecule has 0 aliphatic rings. The molecule has 2 rings (SSSR count). The van der Waals surface area contributed by atoms with Gasteiger partial charge in [0.15, 0.2) is 0 Å². The Bertz CT molecular complexity index is 677. The van der Waals surface area contributed by atoms with Crippen molar-refractivity contribution in [2.75, 3.05) is 7.11 Å². The van der Waals surface area contributed by atoms with Crippen LogP contribution in [0, 0.1) is 0 Å². The summed E-state index contributed by atoms with van der Waals surface area (Å²) in [5.74, 6) is 0.699. The summed E-state index contributed by atoms with van der Waals surface area (Å²) in [5, 5.41) is 3.12. The average Bonchev–Trinajstić information content (AvgIpc) is 2.60. The Kier molecular flexibility index (Phi) is 5.98. The zero-order valence-electron chi connectivity index (χ0n) is 13.9. The lowest BCUT2D eigenvalue weighted by Crippen LogP contribution is -2.30. The smallest absolute Gasteiger partial charge is 0.247 e. The second kappa shape index (κ2) is 8.18. The zero-order chi connectivity index (χ0) is 16.7. The summed E-state index contributed by atoms with van der Waals surface area (Å²) in [6.07, 6.45) is 2.77. The van der Waals surface area contributed by atoms with E-state index in [1.54, 1.807) is 7.11 Å². The van der Waals surface area contributed by atoms with Gasteiger partial charge >= 0.3 is 0 Å². The number of para-hydroxylation sites is 1. The van der Waals surface area contributed by atoms with Gasteiger partial charge in [0, 0.05) is 11.1 Å². The first-order valence-corrected chi connectivity index (χ1v) is 7.82. The van der Waals surface area contributed by atoms with E-state index in [0.717, 1.165) is 28.9 Å². The van der Waals surface area contributed by atoms with E-state index in [9.17, 15) is 4.79 Å². The third-order valence-electron chi connectivity index (χ3n) is 3.73. The van der Waals surface area contributed by atoms with Gasteiger partial charge in [-0.25, -0.2) is 0 Å². The number of methoxy groups -OCH3 is 1. The van der Waals surface area contributed by atoms with Crippen molar-refractivity contribution in [3.8, 4) is 5.75 Å². The third kappa shape index (κ3) is 4.22. The van der Waals surface area contributed by atoms with E-state index in [4.69, 9.17) is 4.74 Å². The molecular weight excluding hydrogens is 286 g/mol. The van der Waals surface area contributed by atoms with Crippen LogP contribution in [-0.2, 0) is 4.79 Å². The molecular formula is C20H23NO2. The highest BCUT2D eigenvalue weighted by Crippen LogP contribution is 2.30. The topological polar surface area (TPSA) is 38.3 Å². The van der Waals surface area contributed by atoms with E-state index in [1.807, 2.05) is 74.5 Å². The Hall–Kier alpha value is -2.55. The van der Waals surface area contributed by atoms with Gasteiger partial charge in [-0.15, -0.1) is 0 Å². The molecule has 0 saturated heterocycles. The van der Waals surface area contributed by atoms with Crippen LogP contribution >= 0.6 is 0 Å². The standard InChI is InChI=1S/C20H23NO2/c1-4-10-15(2)20(22)21-19(16-11-6-5-7-12-16)17-13-8-9-14-18(17)23-3/h5-14,19H,4H2,1-3H3,(H,21,22). The number of amides is 1. The number of ether oxygens (including phenoxy) is 1. The van der Waals surface area contributed by atoms with Crippen molar-refractivity contribution in [2.45, 2.75) is 26.3 Å². The Labute approximate surface area is 138 Å². The molecule has 0 spiro atoms. The first kappa shape index (κ1) is 16.8. The summed E-state index contributed by atoms with van der Waals surface area (Å²) in [6.45, 7) is 3.86. The van der Waals surface area contributed by atoms with Crippen LogP contribution in [-0.4, -0.2) is 13.0 Å². The molecule has 3 nitrogen and oxygen atoms in total. The van der Waals surface area contributed by atoms with E-state index in [2.05, 4.69) is 5.32 Å². The van der Waals surface area contributed by atoms with Gasteiger partial charge in [-0.1, -0.05) is 61.5 Å². The zero-order valence-corrected chi connectivity index (χ0v) is 13.9. The van der Waals surface area contributed by atoms with Crippen molar-refractivity contribution in [3.05, 3.63) is 77.4 Å². The molecule has 0 fully saturated rings. The molecule has 2 aromatic carbocycles. The molecule has 0 saturated carbocycles. The minimum atomic E-state index is -0.250. The van der Waals surface area contributed by atoms with Crippen molar-refractivity contribution in [2.24, 2.45) is 0 Å². The van der Waals surface area contributed by atoms with E-state index < -0.39 is 0 Å². The highest BCUT2D eigenvalue weighted by atomic mass is 16.5. The monoisotopic (exact) mass is 309 g/mol. The lowest BCUT2D eigenvalue weighted by Gasteiger charge is -2.22. The fourth-order valence-corrected chi connectivity index (χ4v) is 2.53. The molecule has 1 N–H and O–H groups in total. The van der Waals surface area contributed by atoms with Gasteiger partial charge in [0.05, 0.1) is 13.2 Å². The van der Waals surface area contributed by atoms with Crippen LogP contribution in [0.5, 0.6) is 5.75 Å². The molecule has 0 heterocycles. The van der Waals surface area contributed by atoms with Crippen molar-refractivity contribution in [3.63, 3.8) is 0 Å². The summed E-state index contributed by atoms with van der Waals surface area (Å²) < 4.78 is 5.47. The number of carbonyl (C=O) groups is 1. The van der Waals surface area contributed by atoms with E-state index in [0.29, 0.717) is 0 Å². The second-order valence-corrected chi connectivity index (χ2v) is 5.35. The van der Waals surface area contributed by atoms with Crippen LogP contribution in [0.1, 0.15) is 37.4 Å². The molecule has 3 heteroatoms. The summed E-state index contributed by atoms with van der Waals surface area (Å²) in [4.78, 5) is 12.5. The molecule has 0 aliphatic heterocycles. The maximum atomic E-state index is 12.5. The number of carbonyl (C=O) groups excluding carboxylic acids is 1. The van der Waals surface area contributed by atoms with Crippen LogP contribution in [0.15, 0.2) is 66.2 Å². The quantitative estimate of drug-likeness (QED) is 0.810. The van der Waals surface area contributed by atoms with Gasteiger partial charge < -0.3 is 10.1 Å². The van der Waals surface area contributed by atoms with Gasteiger partial charge in [-0.3, -0.25) is 4.79 Å². The maximum Gasteiger partial charge on any atom is 0.247 e. The second-order valence-electron chi connectivity index (χ2n) is 5.35. The highest BCUT2D eigenvalue weighted by molar-refractivity contribution is 5.93. The van der Waals surface area contributed by atoms with Gasteiger partial charge in [-0.05, 0) is 25.0 Å². The molecule has 120 valence electrons. The van der Waals surface area contributed by atoms with Crippen molar-refractivity contribution in [1.82, 2.24) is 5.32 Å². The van der Waals surface area contributed by atoms with Crippen LogP contribution in [0.4, 0.5) is 0 Å². The van der Waals surface area contributed by atoms with Crippen LogP contribution < -0.4 is 10.1 Å². The van der Waals surface area contributed by atoms with E-state index in [1.165, 1.54) is 0 Å². The fraction of sp³-hybridized carbons (Fsp3) is 0.250. The summed E-state index contributed by atoms with van der Waals surface area (Å²) in [5.41, 5.74) is 2.69. The molecule has 2 aromatic rings.